The molecule has 0 unspecified atom stereocenters. The van der Waals surface area contributed by atoms with E-state index in [9.17, 15) is 0 Å². The zero-order valence-electron chi connectivity index (χ0n) is 13.4. The Bertz CT molecular complexity index is 997. The lowest BCUT2D eigenvalue weighted by Gasteiger charge is -2.07. The average molecular weight is 350 g/mol. The molecule has 0 aliphatic heterocycles. The Morgan fingerprint density at radius 2 is 1.88 bits per heavy atom. The van der Waals surface area contributed by atoms with E-state index >= 15 is 0 Å². The van der Waals surface area contributed by atoms with Crippen LogP contribution in [-0.4, -0.2) is 26.5 Å². The van der Waals surface area contributed by atoms with Crippen molar-refractivity contribution in [3.8, 4) is 11.3 Å². The summed E-state index contributed by atoms with van der Waals surface area (Å²) in [5.41, 5.74) is 4.43. The van der Waals surface area contributed by atoms with Gasteiger partial charge in [-0.2, -0.15) is 0 Å². The van der Waals surface area contributed by atoms with Gasteiger partial charge in [0.05, 0.1) is 11.9 Å². The number of rotatable bonds is 5. The van der Waals surface area contributed by atoms with Gasteiger partial charge in [-0.15, -0.1) is 0 Å². The number of aromatic amines is 1. The van der Waals surface area contributed by atoms with Crippen LogP contribution in [0.2, 0.25) is 5.15 Å². The molecule has 4 aromatic rings. The maximum Gasteiger partial charge on any atom is 0.156 e. The van der Waals surface area contributed by atoms with E-state index in [0.717, 1.165) is 35.6 Å². The minimum Gasteiger partial charge on any atom is -0.370 e. The molecule has 0 aliphatic carbocycles. The molecular formula is C19H16ClN5. The molecule has 0 saturated carbocycles. The highest BCUT2D eigenvalue weighted by Gasteiger charge is 2.11. The van der Waals surface area contributed by atoms with Gasteiger partial charge in [0.2, 0.25) is 0 Å². The molecule has 0 radical (unpaired) electrons. The van der Waals surface area contributed by atoms with Gasteiger partial charge in [-0.1, -0.05) is 48.0 Å². The second-order valence-electron chi connectivity index (χ2n) is 5.66. The lowest BCUT2D eigenvalue weighted by molar-refractivity contribution is 1.01. The first-order chi connectivity index (χ1) is 12.3. The van der Waals surface area contributed by atoms with Crippen LogP contribution in [0.25, 0.3) is 22.4 Å². The Kier molecular flexibility index (Phi) is 4.31. The molecule has 25 heavy (non-hydrogen) atoms. The maximum atomic E-state index is 5.97. The van der Waals surface area contributed by atoms with E-state index in [1.165, 1.54) is 11.8 Å². The van der Waals surface area contributed by atoms with Gasteiger partial charge in [0.25, 0.3) is 0 Å². The normalized spacial score (nSPS) is 10.9. The van der Waals surface area contributed by atoms with Gasteiger partial charge in [-0.25, -0.2) is 15.0 Å². The summed E-state index contributed by atoms with van der Waals surface area (Å²) in [6.45, 7) is 0.819. The fourth-order valence-electron chi connectivity index (χ4n) is 2.73. The number of benzene rings is 1. The molecule has 0 fully saturated rings. The first kappa shape index (κ1) is 15.6. The molecule has 0 amide bonds. The van der Waals surface area contributed by atoms with E-state index in [2.05, 4.69) is 49.5 Å². The van der Waals surface area contributed by atoms with E-state index in [-0.39, 0.29) is 0 Å². The van der Waals surface area contributed by atoms with Gasteiger partial charge in [-0.3, -0.25) is 0 Å². The predicted molar refractivity (Wildman–Crippen MR) is 101 cm³/mol. The zero-order chi connectivity index (χ0) is 17.1. The highest BCUT2D eigenvalue weighted by atomic mass is 35.5. The van der Waals surface area contributed by atoms with Crippen molar-refractivity contribution in [3.63, 3.8) is 0 Å². The van der Waals surface area contributed by atoms with E-state index in [1.807, 2.05) is 30.5 Å². The van der Waals surface area contributed by atoms with E-state index in [1.54, 1.807) is 0 Å². The minimum atomic E-state index is 0.366. The number of anilines is 1. The summed E-state index contributed by atoms with van der Waals surface area (Å²) in [4.78, 5) is 16.4. The molecule has 1 aromatic carbocycles. The van der Waals surface area contributed by atoms with Crippen LogP contribution in [0.3, 0.4) is 0 Å². The predicted octanol–water partition coefficient (Wildman–Crippen LogP) is 4.33. The number of hydrogen-bond donors (Lipinski definition) is 2. The molecular weight excluding hydrogens is 334 g/mol. The Labute approximate surface area is 150 Å². The summed E-state index contributed by atoms with van der Waals surface area (Å²) in [7, 11) is 0. The van der Waals surface area contributed by atoms with Crippen LogP contribution in [0.4, 0.5) is 5.82 Å². The van der Waals surface area contributed by atoms with E-state index in [4.69, 9.17) is 11.6 Å². The Balaban J connectivity index is 1.53. The van der Waals surface area contributed by atoms with Crippen molar-refractivity contribution in [1.82, 2.24) is 19.9 Å². The second-order valence-corrected chi connectivity index (χ2v) is 6.05. The van der Waals surface area contributed by atoms with Crippen molar-refractivity contribution in [2.24, 2.45) is 0 Å². The molecule has 5 nitrogen and oxygen atoms in total. The minimum absolute atomic E-state index is 0.366. The quantitative estimate of drug-likeness (QED) is 0.563. The second kappa shape index (κ2) is 6.91. The van der Waals surface area contributed by atoms with Crippen LogP contribution < -0.4 is 5.32 Å². The fourth-order valence-corrected chi connectivity index (χ4v) is 2.86. The smallest absolute Gasteiger partial charge is 0.156 e. The first-order valence-corrected chi connectivity index (χ1v) is 8.42. The summed E-state index contributed by atoms with van der Waals surface area (Å²) >= 11 is 5.97. The summed E-state index contributed by atoms with van der Waals surface area (Å²) in [6.07, 6.45) is 4.33. The number of fused-ring (bicyclic) bond motifs is 1. The molecule has 0 aliphatic rings. The molecule has 0 saturated heterocycles. The third-order valence-corrected chi connectivity index (χ3v) is 4.12. The fraction of sp³-hybridized carbons (Fsp3) is 0.105. The standard InChI is InChI=1S/C19H16ClN5/c20-16-12-23-19-18(25-16)14(11-22-19)15-7-4-8-17(24-15)21-10-9-13-5-2-1-3-6-13/h1-8,11-12H,9-10H2,(H,21,24)(H,22,23). The van der Waals surface area contributed by atoms with Crippen molar-refractivity contribution in [2.45, 2.75) is 6.42 Å². The molecule has 124 valence electrons. The van der Waals surface area contributed by atoms with E-state index < -0.39 is 0 Å². The third kappa shape index (κ3) is 3.46. The number of aromatic nitrogens is 4. The van der Waals surface area contributed by atoms with Crippen LogP contribution >= 0.6 is 11.6 Å². The van der Waals surface area contributed by atoms with Crippen LogP contribution in [0, 0.1) is 0 Å². The van der Waals surface area contributed by atoms with Gasteiger partial charge in [0.15, 0.2) is 5.65 Å². The first-order valence-electron chi connectivity index (χ1n) is 8.04. The van der Waals surface area contributed by atoms with Crippen molar-refractivity contribution in [2.75, 3.05) is 11.9 Å². The number of H-pyrrole nitrogens is 1. The van der Waals surface area contributed by atoms with Crippen molar-refractivity contribution in [3.05, 3.63) is 71.6 Å². The SMILES string of the molecule is Clc1cnc2[nH]cc(-c3cccc(NCCc4ccccc4)n3)c2n1. The molecule has 3 aromatic heterocycles. The van der Waals surface area contributed by atoms with Crippen molar-refractivity contribution >= 4 is 28.6 Å². The number of halogens is 1. The maximum absolute atomic E-state index is 5.97. The zero-order valence-corrected chi connectivity index (χ0v) is 14.2. The Morgan fingerprint density at radius 1 is 1.00 bits per heavy atom. The number of pyridine rings is 1. The molecule has 4 rings (SSSR count). The van der Waals surface area contributed by atoms with Crippen molar-refractivity contribution in [1.29, 1.82) is 0 Å². The monoisotopic (exact) mass is 349 g/mol. The van der Waals surface area contributed by atoms with Crippen LogP contribution in [0.5, 0.6) is 0 Å². The highest BCUT2D eigenvalue weighted by molar-refractivity contribution is 6.29. The lowest BCUT2D eigenvalue weighted by atomic mass is 10.1. The average Bonchev–Trinajstić information content (AvgIpc) is 3.06. The number of nitrogens with zero attached hydrogens (tertiary/aromatic N) is 3. The molecule has 3 heterocycles. The topological polar surface area (TPSA) is 66.5 Å². The molecule has 2 N–H and O–H groups in total. The third-order valence-electron chi connectivity index (χ3n) is 3.94. The lowest BCUT2D eigenvalue weighted by Crippen LogP contribution is -2.06. The van der Waals surface area contributed by atoms with Gasteiger partial charge >= 0.3 is 0 Å². The largest absolute Gasteiger partial charge is 0.370 e. The molecule has 0 atom stereocenters. The van der Waals surface area contributed by atoms with Crippen LogP contribution in [-0.2, 0) is 6.42 Å². The summed E-state index contributed by atoms with van der Waals surface area (Å²) in [6, 6.07) is 16.3. The van der Waals surface area contributed by atoms with Crippen LogP contribution in [0.1, 0.15) is 5.56 Å². The molecule has 0 bridgehead atoms. The summed E-state index contributed by atoms with van der Waals surface area (Å²) < 4.78 is 0. The Hall–Kier alpha value is -2.92. The van der Waals surface area contributed by atoms with Crippen molar-refractivity contribution < 1.29 is 0 Å². The van der Waals surface area contributed by atoms with Crippen LogP contribution in [0.15, 0.2) is 60.9 Å². The van der Waals surface area contributed by atoms with Gasteiger partial charge in [0.1, 0.15) is 16.5 Å². The highest BCUT2D eigenvalue weighted by Crippen LogP contribution is 2.26. The molecule has 6 heteroatoms. The summed E-state index contributed by atoms with van der Waals surface area (Å²) in [5, 5.41) is 3.74. The molecule has 0 spiro atoms. The number of nitrogens with one attached hydrogen (secondary N) is 2. The van der Waals surface area contributed by atoms with Gasteiger partial charge in [-0.05, 0) is 24.1 Å². The Morgan fingerprint density at radius 3 is 2.76 bits per heavy atom. The summed E-state index contributed by atoms with van der Waals surface area (Å²) in [5.74, 6) is 0.831. The van der Waals surface area contributed by atoms with Gasteiger partial charge < -0.3 is 10.3 Å². The van der Waals surface area contributed by atoms with Gasteiger partial charge in [0, 0.05) is 18.3 Å². The number of hydrogen-bond acceptors (Lipinski definition) is 4. The van der Waals surface area contributed by atoms with E-state index in [0.29, 0.717) is 10.8 Å².